The van der Waals surface area contributed by atoms with E-state index in [9.17, 15) is 8.42 Å². The molecule has 5 nitrogen and oxygen atoms in total. The van der Waals surface area contributed by atoms with Crippen molar-refractivity contribution in [1.82, 2.24) is 5.16 Å². The average molecular weight is 483 g/mol. The van der Waals surface area contributed by atoms with E-state index in [4.69, 9.17) is 4.52 Å². The summed E-state index contributed by atoms with van der Waals surface area (Å²) in [6.07, 6.45) is 0. The summed E-state index contributed by atoms with van der Waals surface area (Å²) >= 11 is 3.27. The summed E-state index contributed by atoms with van der Waals surface area (Å²) in [5, 5.41) is 3.74. The van der Waals surface area contributed by atoms with Crippen molar-refractivity contribution in [3.8, 4) is 22.3 Å². The average Bonchev–Trinajstić information content (AvgIpc) is 3.06. The maximum absolute atomic E-state index is 12.7. The molecule has 0 radical (unpaired) electrons. The summed E-state index contributed by atoms with van der Waals surface area (Å²) in [7, 11) is -3.80. The molecule has 0 spiro atoms. The van der Waals surface area contributed by atoms with E-state index in [1.165, 1.54) is 5.56 Å². The first-order valence-corrected chi connectivity index (χ1v) is 11.5. The Bertz CT molecular complexity index is 1300. The molecule has 0 atom stereocenters. The number of hydrogen-bond acceptors (Lipinski definition) is 4. The molecule has 0 fully saturated rings. The van der Waals surface area contributed by atoms with Crippen LogP contribution in [0.25, 0.3) is 22.3 Å². The van der Waals surface area contributed by atoms with Crippen molar-refractivity contribution in [1.29, 1.82) is 0 Å². The number of nitrogens with zero attached hydrogens (tertiary/aromatic N) is 1. The SMILES string of the molecule is Cc1ccc(-c2ccccc2-c2ccc(S(=O)(=O)Nc3onc(C)c3Br)cc2)cc1. The zero-order chi connectivity index (χ0) is 21.3. The molecule has 0 aliphatic heterocycles. The minimum absolute atomic E-state index is 0.0568. The molecule has 0 aliphatic rings. The molecule has 30 heavy (non-hydrogen) atoms. The Morgan fingerprint density at radius 3 is 1.87 bits per heavy atom. The second kappa shape index (κ2) is 8.08. The number of aromatic nitrogens is 1. The molecule has 1 heterocycles. The van der Waals surface area contributed by atoms with Crippen LogP contribution in [-0.2, 0) is 10.0 Å². The minimum atomic E-state index is -3.80. The zero-order valence-corrected chi connectivity index (χ0v) is 18.8. The van der Waals surface area contributed by atoms with Gasteiger partial charge >= 0.3 is 0 Å². The van der Waals surface area contributed by atoms with Crippen LogP contribution in [-0.4, -0.2) is 13.6 Å². The van der Waals surface area contributed by atoms with E-state index in [2.05, 4.69) is 63.1 Å². The second-order valence-corrected chi connectivity index (χ2v) is 9.43. The van der Waals surface area contributed by atoms with Crippen molar-refractivity contribution in [3.63, 3.8) is 0 Å². The van der Waals surface area contributed by atoms with E-state index in [0.29, 0.717) is 10.2 Å². The van der Waals surface area contributed by atoms with Crippen LogP contribution < -0.4 is 4.72 Å². The predicted octanol–water partition coefficient (Wildman–Crippen LogP) is 6.19. The van der Waals surface area contributed by atoms with Crippen LogP contribution in [0.5, 0.6) is 0 Å². The molecule has 0 aliphatic carbocycles. The van der Waals surface area contributed by atoms with Crippen LogP contribution >= 0.6 is 15.9 Å². The van der Waals surface area contributed by atoms with Crippen molar-refractivity contribution in [2.45, 2.75) is 18.7 Å². The molecule has 0 saturated heterocycles. The van der Waals surface area contributed by atoms with Gasteiger partial charge in [-0.15, -0.1) is 0 Å². The van der Waals surface area contributed by atoms with Gasteiger partial charge in [-0.2, -0.15) is 0 Å². The van der Waals surface area contributed by atoms with Gasteiger partial charge in [0.2, 0.25) is 0 Å². The smallest absolute Gasteiger partial charge is 0.264 e. The highest BCUT2D eigenvalue weighted by atomic mass is 79.9. The van der Waals surface area contributed by atoms with E-state index in [1.807, 2.05) is 30.3 Å². The molecule has 1 N–H and O–H groups in total. The lowest BCUT2D eigenvalue weighted by Gasteiger charge is -2.11. The van der Waals surface area contributed by atoms with Gasteiger partial charge in [0.25, 0.3) is 15.9 Å². The fourth-order valence-electron chi connectivity index (χ4n) is 3.14. The van der Waals surface area contributed by atoms with E-state index in [-0.39, 0.29) is 10.8 Å². The third kappa shape index (κ3) is 4.04. The summed E-state index contributed by atoms with van der Waals surface area (Å²) in [4.78, 5) is 0.139. The highest BCUT2D eigenvalue weighted by molar-refractivity contribution is 9.10. The number of halogens is 1. The molecule has 152 valence electrons. The number of benzene rings is 3. The molecule has 4 rings (SSSR count). The summed E-state index contributed by atoms with van der Waals surface area (Å²) in [5.41, 5.74) is 5.93. The van der Waals surface area contributed by atoms with Crippen molar-refractivity contribution >= 4 is 31.8 Å². The highest BCUT2D eigenvalue weighted by Crippen LogP contribution is 2.33. The molecule has 1 aromatic heterocycles. The molecule has 0 amide bonds. The van der Waals surface area contributed by atoms with Crippen molar-refractivity contribution in [2.75, 3.05) is 4.72 Å². The lowest BCUT2D eigenvalue weighted by molar-refractivity contribution is 0.430. The molecular weight excluding hydrogens is 464 g/mol. The van der Waals surface area contributed by atoms with Gasteiger partial charge in [0.1, 0.15) is 4.47 Å². The Hall–Kier alpha value is -2.90. The number of rotatable bonds is 5. The first-order chi connectivity index (χ1) is 14.3. The predicted molar refractivity (Wildman–Crippen MR) is 122 cm³/mol. The maximum Gasteiger partial charge on any atom is 0.264 e. The van der Waals surface area contributed by atoms with Gasteiger partial charge in [-0.25, -0.2) is 13.1 Å². The number of aryl methyl sites for hydroxylation is 2. The van der Waals surface area contributed by atoms with E-state index in [1.54, 1.807) is 19.1 Å². The van der Waals surface area contributed by atoms with Crippen molar-refractivity contribution in [2.24, 2.45) is 0 Å². The number of hydrogen-bond donors (Lipinski definition) is 1. The third-order valence-corrected chi connectivity index (χ3v) is 7.06. The molecule has 0 unspecified atom stereocenters. The van der Waals surface area contributed by atoms with Gasteiger partial charge in [-0.05, 0) is 64.2 Å². The lowest BCUT2D eigenvalue weighted by atomic mass is 9.94. The Kier molecular flexibility index (Phi) is 5.49. The highest BCUT2D eigenvalue weighted by Gasteiger charge is 2.20. The maximum atomic E-state index is 12.7. The second-order valence-electron chi connectivity index (χ2n) is 6.95. The Labute approximate surface area is 183 Å². The number of anilines is 1. The topological polar surface area (TPSA) is 72.2 Å². The largest absolute Gasteiger partial charge is 0.336 e. The van der Waals surface area contributed by atoms with Crippen LogP contribution in [0.15, 0.2) is 86.7 Å². The standard InChI is InChI=1S/C23H19BrN2O3S/c1-15-7-9-17(10-8-15)20-5-3-4-6-21(20)18-11-13-19(14-12-18)30(27,28)26-23-22(24)16(2)25-29-23/h3-14,26H,1-2H3. The summed E-state index contributed by atoms with van der Waals surface area (Å²) in [5.74, 6) is 0.0568. The van der Waals surface area contributed by atoms with E-state index in [0.717, 1.165) is 22.3 Å². The molecule has 3 aromatic carbocycles. The fourth-order valence-corrected chi connectivity index (χ4v) is 4.51. The van der Waals surface area contributed by atoms with Gasteiger partial charge in [-0.3, -0.25) is 0 Å². The fraction of sp³-hybridized carbons (Fsp3) is 0.0870. The van der Waals surface area contributed by atoms with Gasteiger partial charge < -0.3 is 4.52 Å². The van der Waals surface area contributed by atoms with Gasteiger partial charge in [0.05, 0.1) is 10.6 Å². The number of nitrogens with one attached hydrogen (secondary N) is 1. The first kappa shape index (κ1) is 20.4. The minimum Gasteiger partial charge on any atom is -0.336 e. The molecule has 7 heteroatoms. The Morgan fingerprint density at radius 2 is 1.37 bits per heavy atom. The zero-order valence-electron chi connectivity index (χ0n) is 16.4. The van der Waals surface area contributed by atoms with Gasteiger partial charge in [0.15, 0.2) is 0 Å². The van der Waals surface area contributed by atoms with Crippen LogP contribution in [0.1, 0.15) is 11.3 Å². The molecule has 0 saturated carbocycles. The molecule has 0 bridgehead atoms. The first-order valence-electron chi connectivity index (χ1n) is 9.26. The Balaban J connectivity index is 1.66. The summed E-state index contributed by atoms with van der Waals surface area (Å²) in [6, 6.07) is 23.2. The Morgan fingerprint density at radius 1 is 0.833 bits per heavy atom. The van der Waals surface area contributed by atoms with Crippen LogP contribution in [0, 0.1) is 13.8 Å². The van der Waals surface area contributed by atoms with Crippen LogP contribution in [0.4, 0.5) is 5.88 Å². The van der Waals surface area contributed by atoms with Crippen molar-refractivity contribution < 1.29 is 12.9 Å². The van der Waals surface area contributed by atoms with Crippen LogP contribution in [0.3, 0.4) is 0 Å². The summed E-state index contributed by atoms with van der Waals surface area (Å²) in [6.45, 7) is 3.77. The molecular formula is C23H19BrN2O3S. The summed E-state index contributed by atoms with van der Waals surface area (Å²) < 4.78 is 33.4. The lowest BCUT2D eigenvalue weighted by Crippen LogP contribution is -2.12. The van der Waals surface area contributed by atoms with E-state index < -0.39 is 10.0 Å². The number of sulfonamides is 1. The van der Waals surface area contributed by atoms with Gasteiger partial charge in [0, 0.05) is 0 Å². The monoisotopic (exact) mass is 482 g/mol. The van der Waals surface area contributed by atoms with Crippen molar-refractivity contribution in [3.05, 3.63) is 88.5 Å². The third-order valence-electron chi connectivity index (χ3n) is 4.78. The molecule has 4 aromatic rings. The quantitative estimate of drug-likeness (QED) is 0.368. The normalized spacial score (nSPS) is 11.4. The van der Waals surface area contributed by atoms with Crippen LogP contribution in [0.2, 0.25) is 0 Å². The van der Waals surface area contributed by atoms with E-state index >= 15 is 0 Å². The van der Waals surface area contributed by atoms with Gasteiger partial charge in [-0.1, -0.05) is 71.4 Å².